The smallest absolute Gasteiger partial charge is 0.130 e. The van der Waals surface area contributed by atoms with Crippen LogP contribution in [0.2, 0.25) is 0 Å². The Morgan fingerprint density at radius 1 is 1.00 bits per heavy atom. The van der Waals surface area contributed by atoms with Gasteiger partial charge in [0.1, 0.15) is 11.6 Å². The zero-order valence-corrected chi connectivity index (χ0v) is 15.8. The molecule has 146 valence electrons. The molecule has 0 amide bonds. The van der Waals surface area contributed by atoms with Gasteiger partial charge in [-0.05, 0) is 41.0 Å². The zero-order chi connectivity index (χ0) is 19.6. The number of morpholine rings is 1. The lowest BCUT2D eigenvalue weighted by Crippen LogP contribution is -2.36. The number of hydrogen-bond donors (Lipinski definition) is 0. The molecule has 0 atom stereocenters. The molecule has 1 fully saturated rings. The highest BCUT2D eigenvalue weighted by Gasteiger charge is 2.16. The molecule has 1 aliphatic rings. The van der Waals surface area contributed by atoms with Crippen molar-refractivity contribution in [1.29, 1.82) is 0 Å². The van der Waals surface area contributed by atoms with Gasteiger partial charge in [-0.1, -0.05) is 29.5 Å². The number of fused-ring (bicyclic) bond motifs is 1. The topological polar surface area (TPSA) is 56.1 Å². The summed E-state index contributed by atoms with van der Waals surface area (Å²) < 4.78 is 20.7. The van der Waals surface area contributed by atoms with Gasteiger partial charge in [-0.25, -0.2) is 14.1 Å². The number of aromatic nitrogens is 4. The molecule has 0 spiro atoms. The van der Waals surface area contributed by atoms with E-state index < -0.39 is 0 Å². The van der Waals surface area contributed by atoms with Crippen LogP contribution in [0.25, 0.3) is 22.0 Å². The third-order valence-electron chi connectivity index (χ3n) is 5.17. The summed E-state index contributed by atoms with van der Waals surface area (Å²) in [6.07, 6.45) is 3.51. The van der Waals surface area contributed by atoms with Gasteiger partial charge >= 0.3 is 0 Å². The van der Waals surface area contributed by atoms with Crippen LogP contribution in [0.3, 0.4) is 0 Å². The van der Waals surface area contributed by atoms with E-state index in [1.165, 1.54) is 12.1 Å². The first-order chi connectivity index (χ1) is 14.3. The lowest BCUT2D eigenvalue weighted by Gasteiger charge is -2.28. The monoisotopic (exact) mass is 389 g/mol. The van der Waals surface area contributed by atoms with Gasteiger partial charge in [-0.2, -0.15) is 0 Å². The lowest BCUT2D eigenvalue weighted by molar-refractivity contribution is 0.122. The van der Waals surface area contributed by atoms with Gasteiger partial charge < -0.3 is 9.64 Å². The van der Waals surface area contributed by atoms with Crippen LogP contribution in [0.4, 0.5) is 10.2 Å². The fourth-order valence-corrected chi connectivity index (χ4v) is 3.69. The Balaban J connectivity index is 1.63. The predicted molar refractivity (Wildman–Crippen MR) is 109 cm³/mol. The second kappa shape index (κ2) is 7.60. The second-order valence-electron chi connectivity index (χ2n) is 7.09. The molecule has 0 radical (unpaired) electrons. The number of anilines is 1. The summed E-state index contributed by atoms with van der Waals surface area (Å²) >= 11 is 0. The van der Waals surface area contributed by atoms with Crippen molar-refractivity contribution in [2.75, 3.05) is 31.2 Å². The second-order valence-corrected chi connectivity index (χ2v) is 7.09. The van der Waals surface area contributed by atoms with Crippen LogP contribution in [0.1, 0.15) is 5.56 Å². The van der Waals surface area contributed by atoms with E-state index in [0.717, 1.165) is 46.5 Å². The minimum absolute atomic E-state index is 0.240. The number of pyridine rings is 1. The SMILES string of the molecule is Fc1ccc(-c2cc(N3CCOCC3)nc3cc(Cn4ccnn4)ccc23)cc1. The number of ether oxygens (including phenoxy) is 1. The summed E-state index contributed by atoms with van der Waals surface area (Å²) in [5.41, 5.74) is 4.02. The summed E-state index contributed by atoms with van der Waals surface area (Å²) in [5, 5.41) is 8.95. The van der Waals surface area contributed by atoms with Crippen LogP contribution < -0.4 is 4.90 Å². The standard InChI is InChI=1S/C22H20FN5O/c23-18-4-2-17(3-5-18)20-14-22(27-9-11-29-12-10-27)25-21-13-16(1-6-19(20)21)15-28-8-7-24-26-28/h1-8,13-14H,9-12,15H2. The fourth-order valence-electron chi connectivity index (χ4n) is 3.69. The van der Waals surface area contributed by atoms with Crippen molar-refractivity contribution in [3.8, 4) is 11.1 Å². The Kier molecular flexibility index (Phi) is 4.65. The maximum absolute atomic E-state index is 13.5. The van der Waals surface area contributed by atoms with Gasteiger partial charge in [-0.15, -0.1) is 5.10 Å². The molecule has 2 aromatic carbocycles. The highest BCUT2D eigenvalue weighted by atomic mass is 19.1. The van der Waals surface area contributed by atoms with Gasteiger partial charge in [-0.3, -0.25) is 0 Å². The van der Waals surface area contributed by atoms with E-state index in [-0.39, 0.29) is 5.82 Å². The van der Waals surface area contributed by atoms with Crippen molar-refractivity contribution in [1.82, 2.24) is 20.0 Å². The van der Waals surface area contributed by atoms with Crippen molar-refractivity contribution >= 4 is 16.7 Å². The van der Waals surface area contributed by atoms with Crippen molar-refractivity contribution in [2.45, 2.75) is 6.54 Å². The van der Waals surface area contributed by atoms with Crippen LogP contribution in [-0.4, -0.2) is 46.3 Å². The average molecular weight is 389 g/mol. The Bertz CT molecular complexity index is 1120. The summed E-state index contributed by atoms with van der Waals surface area (Å²) in [7, 11) is 0. The molecule has 0 N–H and O–H groups in total. The minimum atomic E-state index is -0.240. The highest BCUT2D eigenvalue weighted by molar-refractivity contribution is 5.96. The molecular formula is C22H20FN5O. The molecule has 0 unspecified atom stereocenters. The normalized spacial score (nSPS) is 14.4. The third kappa shape index (κ3) is 3.69. The first-order valence-corrected chi connectivity index (χ1v) is 9.63. The van der Waals surface area contributed by atoms with Crippen LogP contribution in [0, 0.1) is 5.82 Å². The van der Waals surface area contributed by atoms with Crippen molar-refractivity contribution < 1.29 is 9.13 Å². The number of hydrogen-bond acceptors (Lipinski definition) is 5. The van der Waals surface area contributed by atoms with Crippen LogP contribution in [0.5, 0.6) is 0 Å². The molecule has 5 rings (SSSR count). The van der Waals surface area contributed by atoms with Crippen LogP contribution in [-0.2, 0) is 11.3 Å². The van der Waals surface area contributed by atoms with E-state index in [1.807, 2.05) is 18.3 Å². The van der Waals surface area contributed by atoms with Gasteiger partial charge in [0.25, 0.3) is 0 Å². The van der Waals surface area contributed by atoms with Gasteiger partial charge in [0.15, 0.2) is 0 Å². The van der Waals surface area contributed by atoms with E-state index >= 15 is 0 Å². The Morgan fingerprint density at radius 3 is 2.59 bits per heavy atom. The average Bonchev–Trinajstić information content (AvgIpc) is 3.27. The molecule has 0 bridgehead atoms. The Morgan fingerprint density at radius 2 is 1.83 bits per heavy atom. The summed E-state index contributed by atoms with van der Waals surface area (Å²) in [6, 6.07) is 15.0. The number of halogens is 1. The van der Waals surface area contributed by atoms with E-state index in [2.05, 4.69) is 39.5 Å². The van der Waals surface area contributed by atoms with Crippen molar-refractivity contribution in [2.24, 2.45) is 0 Å². The number of rotatable bonds is 4. The quantitative estimate of drug-likeness (QED) is 0.535. The molecule has 4 aromatic rings. The molecule has 3 heterocycles. The number of nitrogens with zero attached hydrogens (tertiary/aromatic N) is 5. The Hall–Kier alpha value is -3.32. The van der Waals surface area contributed by atoms with E-state index in [0.29, 0.717) is 19.8 Å². The van der Waals surface area contributed by atoms with E-state index in [1.54, 1.807) is 10.9 Å². The maximum Gasteiger partial charge on any atom is 0.130 e. The third-order valence-corrected chi connectivity index (χ3v) is 5.17. The molecule has 1 aliphatic heterocycles. The summed E-state index contributed by atoms with van der Waals surface area (Å²) in [6.45, 7) is 3.63. The Labute approximate surface area is 167 Å². The molecule has 29 heavy (non-hydrogen) atoms. The molecular weight excluding hydrogens is 369 g/mol. The summed E-state index contributed by atoms with van der Waals surface area (Å²) in [4.78, 5) is 7.18. The van der Waals surface area contributed by atoms with Gasteiger partial charge in [0.05, 0.1) is 31.5 Å². The minimum Gasteiger partial charge on any atom is -0.378 e. The largest absolute Gasteiger partial charge is 0.378 e. The van der Waals surface area contributed by atoms with Gasteiger partial charge in [0, 0.05) is 24.7 Å². The molecule has 6 nitrogen and oxygen atoms in total. The van der Waals surface area contributed by atoms with Crippen LogP contribution >= 0.6 is 0 Å². The van der Waals surface area contributed by atoms with Crippen molar-refractivity contribution in [3.05, 3.63) is 72.3 Å². The lowest BCUT2D eigenvalue weighted by atomic mass is 9.99. The van der Waals surface area contributed by atoms with E-state index in [9.17, 15) is 4.39 Å². The highest BCUT2D eigenvalue weighted by Crippen LogP contribution is 2.32. The molecule has 7 heteroatoms. The summed E-state index contributed by atoms with van der Waals surface area (Å²) in [5.74, 6) is 0.675. The zero-order valence-electron chi connectivity index (χ0n) is 15.8. The first-order valence-electron chi connectivity index (χ1n) is 9.63. The predicted octanol–water partition coefficient (Wildman–Crippen LogP) is 3.52. The molecule has 2 aromatic heterocycles. The van der Waals surface area contributed by atoms with Crippen LogP contribution in [0.15, 0.2) is 60.9 Å². The first kappa shape index (κ1) is 17.8. The van der Waals surface area contributed by atoms with Crippen molar-refractivity contribution in [3.63, 3.8) is 0 Å². The molecule has 0 saturated carbocycles. The maximum atomic E-state index is 13.5. The van der Waals surface area contributed by atoms with E-state index in [4.69, 9.17) is 9.72 Å². The van der Waals surface area contributed by atoms with Gasteiger partial charge in [0.2, 0.25) is 0 Å². The number of benzene rings is 2. The molecule has 1 saturated heterocycles. The molecule has 0 aliphatic carbocycles. The fraction of sp³-hybridized carbons (Fsp3) is 0.227.